The number of carbonyl (C=O) groups is 1. The predicted molar refractivity (Wildman–Crippen MR) is 73.2 cm³/mol. The fourth-order valence-corrected chi connectivity index (χ4v) is 2.39. The molecule has 1 saturated heterocycles. The summed E-state index contributed by atoms with van der Waals surface area (Å²) >= 11 is 0. The van der Waals surface area contributed by atoms with Crippen LogP contribution in [0.25, 0.3) is 11.2 Å². The summed E-state index contributed by atoms with van der Waals surface area (Å²) in [6.45, 7) is -0.0339. The molecular weight excluding hydrogens is 294 g/mol. The predicted octanol–water partition coefficient (Wildman–Crippen LogP) is -2.30. The second kappa shape index (κ2) is 5.36. The zero-order valence-corrected chi connectivity index (χ0v) is 11.3. The lowest BCUT2D eigenvalue weighted by molar-refractivity contribution is -0.0334. The van der Waals surface area contributed by atoms with Crippen molar-refractivity contribution < 1.29 is 19.7 Å². The van der Waals surface area contributed by atoms with Gasteiger partial charge in [0.2, 0.25) is 0 Å². The Morgan fingerprint density at radius 3 is 2.86 bits per heavy atom. The summed E-state index contributed by atoms with van der Waals surface area (Å²) in [6.07, 6.45) is -1.51. The van der Waals surface area contributed by atoms with Crippen LogP contribution in [0.15, 0.2) is 12.7 Å². The minimum atomic E-state index is -1.23. The monoisotopic (exact) mass is 309 g/mol. The van der Waals surface area contributed by atoms with Gasteiger partial charge in [-0.15, -0.1) is 0 Å². The summed E-state index contributed by atoms with van der Waals surface area (Å²) in [5, 5.41) is 22.5. The van der Waals surface area contributed by atoms with Crippen LogP contribution in [0, 0.1) is 0 Å². The number of amides is 2. The van der Waals surface area contributed by atoms with E-state index in [-0.39, 0.29) is 12.4 Å². The Morgan fingerprint density at radius 1 is 1.36 bits per heavy atom. The van der Waals surface area contributed by atoms with Crippen molar-refractivity contribution in [2.75, 3.05) is 12.3 Å². The topological polar surface area (TPSA) is 174 Å². The maximum Gasteiger partial charge on any atom is 0.312 e. The highest BCUT2D eigenvalue weighted by Crippen LogP contribution is 2.31. The Bertz CT molecular complexity index is 705. The summed E-state index contributed by atoms with van der Waals surface area (Å²) in [5.41, 5.74) is 11.4. The number of aliphatic hydroxyl groups is 2. The van der Waals surface area contributed by atoms with Gasteiger partial charge in [-0.25, -0.2) is 19.7 Å². The molecule has 3 heterocycles. The molecule has 11 heteroatoms. The number of nitrogens with zero attached hydrogens (tertiary/aromatic N) is 4. The molecule has 0 aliphatic carbocycles. The average Bonchev–Trinajstić information content (AvgIpc) is 3.01. The van der Waals surface area contributed by atoms with E-state index in [2.05, 4.69) is 20.3 Å². The van der Waals surface area contributed by atoms with Crippen LogP contribution in [0.4, 0.5) is 10.6 Å². The van der Waals surface area contributed by atoms with Crippen molar-refractivity contribution in [1.82, 2.24) is 24.8 Å². The molecule has 0 spiro atoms. The van der Waals surface area contributed by atoms with Gasteiger partial charge >= 0.3 is 6.03 Å². The van der Waals surface area contributed by atoms with Crippen molar-refractivity contribution in [1.29, 1.82) is 0 Å². The van der Waals surface area contributed by atoms with Gasteiger partial charge in [0.25, 0.3) is 0 Å². The van der Waals surface area contributed by atoms with Crippen molar-refractivity contribution in [2.24, 2.45) is 5.73 Å². The minimum Gasteiger partial charge on any atom is -0.387 e. The van der Waals surface area contributed by atoms with E-state index in [0.29, 0.717) is 11.2 Å². The number of anilines is 1. The minimum absolute atomic E-state index is 0.0339. The number of ether oxygens (including phenoxy) is 1. The first-order valence-corrected chi connectivity index (χ1v) is 6.47. The number of nitrogens with one attached hydrogen (secondary N) is 1. The molecule has 0 unspecified atom stereocenters. The number of hydrogen-bond acceptors (Lipinski definition) is 8. The van der Waals surface area contributed by atoms with Crippen molar-refractivity contribution >= 4 is 23.0 Å². The van der Waals surface area contributed by atoms with Crippen LogP contribution >= 0.6 is 0 Å². The smallest absolute Gasteiger partial charge is 0.312 e. The zero-order chi connectivity index (χ0) is 15.9. The third kappa shape index (κ3) is 2.30. The SMILES string of the molecule is NC(=O)NC[C@H]1O[C@@H](n2cnc3c(N)ncnc32)[C@H](O)[C@@H]1O. The van der Waals surface area contributed by atoms with Gasteiger partial charge in [0.1, 0.15) is 30.2 Å². The van der Waals surface area contributed by atoms with E-state index < -0.39 is 30.6 Å². The molecular formula is C11H15N7O4. The molecule has 0 aromatic carbocycles. The third-order valence-corrected chi connectivity index (χ3v) is 3.48. The number of fused-ring (bicyclic) bond motifs is 1. The number of rotatable bonds is 3. The van der Waals surface area contributed by atoms with Crippen LogP contribution in [0.5, 0.6) is 0 Å². The van der Waals surface area contributed by atoms with Gasteiger partial charge in [-0.3, -0.25) is 4.57 Å². The van der Waals surface area contributed by atoms with Crippen molar-refractivity contribution in [3.8, 4) is 0 Å². The van der Waals surface area contributed by atoms with Crippen molar-refractivity contribution in [2.45, 2.75) is 24.5 Å². The summed E-state index contributed by atoms with van der Waals surface area (Å²) < 4.78 is 7.03. The Hall–Kier alpha value is -2.50. The fraction of sp³-hybridized carbons (Fsp3) is 0.455. The normalized spacial score (nSPS) is 28.1. The van der Waals surface area contributed by atoms with E-state index in [4.69, 9.17) is 16.2 Å². The number of primary amides is 1. The number of nitrogens with two attached hydrogens (primary N) is 2. The van der Waals surface area contributed by atoms with E-state index in [1.165, 1.54) is 17.2 Å². The van der Waals surface area contributed by atoms with Gasteiger partial charge in [0, 0.05) is 6.54 Å². The Kier molecular flexibility index (Phi) is 3.52. The summed E-state index contributed by atoms with van der Waals surface area (Å²) in [4.78, 5) is 22.7. The Labute approximate surface area is 123 Å². The highest BCUT2D eigenvalue weighted by molar-refractivity contribution is 5.81. The van der Waals surface area contributed by atoms with Crippen molar-refractivity contribution in [3.05, 3.63) is 12.7 Å². The molecule has 7 N–H and O–H groups in total. The first kappa shape index (κ1) is 14.4. The molecule has 0 saturated carbocycles. The third-order valence-electron chi connectivity index (χ3n) is 3.48. The Morgan fingerprint density at radius 2 is 2.14 bits per heavy atom. The van der Waals surface area contributed by atoms with Crippen LogP contribution in [0.1, 0.15) is 6.23 Å². The van der Waals surface area contributed by atoms with E-state index in [0.717, 1.165) is 0 Å². The van der Waals surface area contributed by atoms with E-state index in [9.17, 15) is 15.0 Å². The van der Waals surface area contributed by atoms with Crippen LogP contribution in [0.2, 0.25) is 0 Å². The van der Waals surface area contributed by atoms with Gasteiger partial charge in [0.05, 0.1) is 6.33 Å². The van der Waals surface area contributed by atoms with Gasteiger partial charge < -0.3 is 31.7 Å². The van der Waals surface area contributed by atoms with Gasteiger partial charge in [-0.2, -0.15) is 0 Å². The molecule has 3 rings (SSSR count). The zero-order valence-electron chi connectivity index (χ0n) is 11.3. The van der Waals surface area contributed by atoms with Gasteiger partial charge in [0.15, 0.2) is 17.7 Å². The largest absolute Gasteiger partial charge is 0.387 e. The lowest BCUT2D eigenvalue weighted by Crippen LogP contribution is -2.41. The van der Waals surface area contributed by atoms with E-state index in [1.54, 1.807) is 0 Å². The molecule has 4 atom stereocenters. The number of aliphatic hydroxyl groups excluding tert-OH is 2. The van der Waals surface area contributed by atoms with Crippen LogP contribution < -0.4 is 16.8 Å². The van der Waals surface area contributed by atoms with Gasteiger partial charge in [-0.1, -0.05) is 0 Å². The van der Waals surface area contributed by atoms with Crippen LogP contribution in [0.3, 0.4) is 0 Å². The molecule has 1 aliphatic heterocycles. The maximum atomic E-state index is 10.7. The quantitative estimate of drug-likeness (QED) is 0.420. The van der Waals surface area contributed by atoms with E-state index >= 15 is 0 Å². The summed E-state index contributed by atoms with van der Waals surface area (Å²) in [5.74, 6) is 0.198. The molecule has 1 fully saturated rings. The molecule has 2 aromatic rings. The molecule has 2 aromatic heterocycles. The summed E-state index contributed by atoms with van der Waals surface area (Å²) in [7, 11) is 0. The van der Waals surface area contributed by atoms with Crippen LogP contribution in [-0.2, 0) is 4.74 Å². The second-order valence-corrected chi connectivity index (χ2v) is 4.87. The number of urea groups is 1. The summed E-state index contributed by atoms with van der Waals surface area (Å²) in [6, 6.07) is -0.748. The molecule has 11 nitrogen and oxygen atoms in total. The lowest BCUT2D eigenvalue weighted by Gasteiger charge is -2.16. The van der Waals surface area contributed by atoms with E-state index in [1.807, 2.05) is 0 Å². The molecule has 22 heavy (non-hydrogen) atoms. The highest BCUT2D eigenvalue weighted by Gasteiger charge is 2.44. The molecule has 118 valence electrons. The molecule has 2 amide bonds. The number of carbonyl (C=O) groups excluding carboxylic acids is 1. The lowest BCUT2D eigenvalue weighted by atomic mass is 10.1. The first-order valence-electron chi connectivity index (χ1n) is 6.47. The number of imidazole rings is 1. The van der Waals surface area contributed by atoms with Gasteiger partial charge in [-0.05, 0) is 0 Å². The molecule has 1 aliphatic rings. The average molecular weight is 309 g/mol. The first-order chi connectivity index (χ1) is 10.5. The fourth-order valence-electron chi connectivity index (χ4n) is 2.39. The number of nitrogen functional groups attached to an aromatic ring is 1. The number of aromatic nitrogens is 4. The van der Waals surface area contributed by atoms with Crippen LogP contribution in [-0.4, -0.2) is 60.6 Å². The molecule has 0 radical (unpaired) electrons. The van der Waals surface area contributed by atoms with Crippen molar-refractivity contribution in [3.63, 3.8) is 0 Å². The highest BCUT2D eigenvalue weighted by atomic mass is 16.6. The number of hydrogen-bond donors (Lipinski definition) is 5. The molecule has 0 bridgehead atoms. The second-order valence-electron chi connectivity index (χ2n) is 4.87. The standard InChI is InChI=1S/C11H15N7O4/c12-8-5-9(16-2-15-8)18(3-17-5)10-7(20)6(19)4(22-10)1-14-11(13)21/h2-4,6-7,10,19-20H,1H2,(H2,12,15,16)(H3,13,14,21)/t4-,6-,7-,10-/m1/s1. The Balaban J connectivity index is 1.87. The maximum absolute atomic E-state index is 10.7.